The fraction of sp³-hybridized carbons (Fsp3) is 0.320. The van der Waals surface area contributed by atoms with Gasteiger partial charge in [0, 0.05) is 13.1 Å². The highest BCUT2D eigenvalue weighted by atomic mass is 19.4. The van der Waals surface area contributed by atoms with Crippen LogP contribution in [0.4, 0.5) is 27.8 Å². The summed E-state index contributed by atoms with van der Waals surface area (Å²) in [5.41, 5.74) is -0.606. The fourth-order valence-corrected chi connectivity index (χ4v) is 4.24. The number of rotatable bonds is 7. The number of nitrogens with zero attached hydrogens (tertiary/aromatic N) is 3. The number of ether oxygens (including phenoxy) is 1. The van der Waals surface area contributed by atoms with Crippen LogP contribution in [0.3, 0.4) is 0 Å². The number of benzene rings is 2. The molecule has 1 aromatic heterocycles. The highest BCUT2D eigenvalue weighted by Gasteiger charge is 2.36. The lowest BCUT2D eigenvalue weighted by Gasteiger charge is -2.21. The average molecular weight is 522 g/mol. The maximum atomic E-state index is 13.9. The number of carbonyl (C=O) groups excluding carboxylic acids is 2. The molecule has 1 atom stereocenters. The quantitative estimate of drug-likeness (QED) is 0.344. The summed E-state index contributed by atoms with van der Waals surface area (Å²) < 4.78 is 73.0. The molecule has 0 fully saturated rings. The van der Waals surface area contributed by atoms with Crippen molar-refractivity contribution in [2.75, 3.05) is 18.6 Å². The van der Waals surface area contributed by atoms with Crippen LogP contribution >= 0.6 is 0 Å². The van der Waals surface area contributed by atoms with Crippen LogP contribution < -0.4 is 10.2 Å². The Labute approximate surface area is 208 Å². The Morgan fingerprint density at radius 3 is 2.43 bits per heavy atom. The van der Waals surface area contributed by atoms with Crippen molar-refractivity contribution >= 4 is 17.7 Å². The number of halogens is 5. The molecule has 1 aliphatic heterocycles. The van der Waals surface area contributed by atoms with E-state index in [9.17, 15) is 31.5 Å². The molecule has 2 aromatic carbocycles. The second kappa shape index (κ2) is 10.2. The van der Waals surface area contributed by atoms with Crippen molar-refractivity contribution in [1.82, 2.24) is 15.1 Å². The van der Waals surface area contributed by atoms with Crippen molar-refractivity contribution in [3.8, 4) is 0 Å². The molecule has 0 saturated carbocycles. The lowest BCUT2D eigenvalue weighted by Crippen LogP contribution is -2.30. The van der Waals surface area contributed by atoms with Crippen molar-refractivity contribution in [3.63, 3.8) is 0 Å². The lowest BCUT2D eigenvalue weighted by molar-refractivity contribution is -0.137. The third-order valence-corrected chi connectivity index (χ3v) is 6.07. The summed E-state index contributed by atoms with van der Waals surface area (Å²) in [6.45, 7) is 2.11. The first-order valence-electron chi connectivity index (χ1n) is 11.3. The zero-order chi connectivity index (χ0) is 26.9. The molecule has 7 nitrogen and oxygen atoms in total. The Morgan fingerprint density at radius 2 is 1.81 bits per heavy atom. The number of esters is 1. The number of hydrogen-bond donors (Lipinski definition) is 1. The van der Waals surface area contributed by atoms with E-state index in [1.807, 2.05) is 0 Å². The number of carbonyl (C=O) groups is 2. The number of amides is 1. The van der Waals surface area contributed by atoms with Gasteiger partial charge in [0.25, 0.3) is 12.3 Å². The normalized spacial score (nSPS) is 14.0. The average Bonchev–Trinajstić information content (AvgIpc) is 3.43. The monoisotopic (exact) mass is 522 g/mol. The van der Waals surface area contributed by atoms with Crippen molar-refractivity contribution in [1.29, 1.82) is 0 Å². The van der Waals surface area contributed by atoms with Crippen LogP contribution in [0.15, 0.2) is 48.5 Å². The Balaban J connectivity index is 1.60. The maximum absolute atomic E-state index is 13.9. The molecule has 4 rings (SSSR count). The summed E-state index contributed by atoms with van der Waals surface area (Å²) in [7, 11) is 1.25. The standard InChI is InChI=1S/C25H23F5N4O3/c1-14(16-6-8-17(9-7-16)24(36)37-2)31-22(35)19-20(21(26)27)32-34-11-10-33(23(19)34)13-15-4-3-5-18(12-15)25(28,29)30/h3-9,12,14,21H,10-11,13H2,1-2H3,(H,31,35)/t14-/m0/s1. The Morgan fingerprint density at radius 1 is 1.11 bits per heavy atom. The smallest absolute Gasteiger partial charge is 0.416 e. The first-order valence-corrected chi connectivity index (χ1v) is 11.3. The molecule has 3 aromatic rings. The maximum Gasteiger partial charge on any atom is 0.416 e. The molecule has 0 saturated heterocycles. The Hall–Kier alpha value is -3.96. The second-order valence-corrected chi connectivity index (χ2v) is 8.54. The third-order valence-electron chi connectivity index (χ3n) is 6.07. The number of aromatic nitrogens is 2. The van der Waals surface area contributed by atoms with Gasteiger partial charge >= 0.3 is 12.1 Å². The summed E-state index contributed by atoms with van der Waals surface area (Å²) in [6.07, 6.45) is -7.56. The van der Waals surface area contributed by atoms with Crippen molar-refractivity contribution < 1.29 is 36.3 Å². The van der Waals surface area contributed by atoms with Gasteiger partial charge in [-0.25, -0.2) is 18.3 Å². The molecule has 37 heavy (non-hydrogen) atoms. The van der Waals surface area contributed by atoms with Crippen molar-refractivity contribution in [2.24, 2.45) is 0 Å². The van der Waals surface area contributed by atoms with Crippen molar-refractivity contribution in [2.45, 2.75) is 38.7 Å². The zero-order valence-electron chi connectivity index (χ0n) is 19.9. The molecule has 1 aliphatic rings. The van der Waals surface area contributed by atoms with Crippen LogP contribution in [0.1, 0.15) is 62.5 Å². The molecular formula is C25H23F5N4O3. The number of fused-ring (bicyclic) bond motifs is 1. The van der Waals surface area contributed by atoms with Crippen LogP contribution in [0, 0.1) is 0 Å². The van der Waals surface area contributed by atoms with E-state index in [2.05, 4.69) is 15.2 Å². The number of nitrogens with one attached hydrogen (secondary N) is 1. The molecule has 0 spiro atoms. The molecule has 1 N–H and O–H groups in total. The van der Waals surface area contributed by atoms with Gasteiger partial charge in [-0.2, -0.15) is 18.3 Å². The summed E-state index contributed by atoms with van der Waals surface area (Å²) in [5, 5.41) is 6.60. The molecule has 0 bridgehead atoms. The van der Waals surface area contributed by atoms with E-state index in [-0.39, 0.29) is 31.0 Å². The van der Waals surface area contributed by atoms with Gasteiger partial charge in [-0.3, -0.25) is 4.79 Å². The highest BCUT2D eigenvalue weighted by Crippen LogP contribution is 2.36. The highest BCUT2D eigenvalue weighted by molar-refractivity contribution is 6.01. The minimum absolute atomic E-state index is 0.0247. The minimum Gasteiger partial charge on any atom is -0.465 e. The van der Waals surface area contributed by atoms with E-state index in [0.717, 1.165) is 12.1 Å². The van der Waals surface area contributed by atoms with E-state index in [4.69, 9.17) is 0 Å². The summed E-state index contributed by atoms with van der Waals surface area (Å²) >= 11 is 0. The molecule has 0 radical (unpaired) electrons. The molecule has 12 heteroatoms. The summed E-state index contributed by atoms with van der Waals surface area (Å²) in [5.74, 6) is -1.20. The van der Waals surface area contributed by atoms with Gasteiger partial charge in [-0.15, -0.1) is 0 Å². The number of alkyl halides is 5. The largest absolute Gasteiger partial charge is 0.465 e. The van der Waals surface area contributed by atoms with Gasteiger partial charge in [0.1, 0.15) is 17.1 Å². The summed E-state index contributed by atoms with van der Waals surface area (Å²) in [4.78, 5) is 26.4. The minimum atomic E-state index is -4.53. The SMILES string of the molecule is COC(=O)c1ccc([C@H](C)NC(=O)c2c(C(F)F)nn3c2N(Cc2cccc(C(F)(F)F)c2)CC3)cc1. The van der Waals surface area contributed by atoms with Gasteiger partial charge in [-0.1, -0.05) is 24.3 Å². The number of hydrogen-bond acceptors (Lipinski definition) is 5. The topological polar surface area (TPSA) is 76.5 Å². The molecule has 1 amide bonds. The van der Waals surface area contributed by atoms with Crippen molar-refractivity contribution in [3.05, 3.63) is 82.0 Å². The first kappa shape index (κ1) is 26.1. The van der Waals surface area contributed by atoms with E-state index in [0.29, 0.717) is 16.7 Å². The van der Waals surface area contributed by atoms with Crippen LogP contribution in [0.25, 0.3) is 0 Å². The van der Waals surface area contributed by atoms with Crippen LogP contribution in [-0.2, 0) is 24.0 Å². The van der Waals surface area contributed by atoms with Crippen LogP contribution in [-0.4, -0.2) is 35.3 Å². The number of anilines is 1. The predicted molar refractivity (Wildman–Crippen MR) is 123 cm³/mol. The molecule has 2 heterocycles. The van der Waals surface area contributed by atoms with E-state index < -0.39 is 41.8 Å². The molecule has 0 aliphatic carbocycles. The van der Waals surface area contributed by atoms with Crippen LogP contribution in [0.2, 0.25) is 0 Å². The molecular weight excluding hydrogens is 499 g/mol. The van der Waals surface area contributed by atoms with Gasteiger partial charge in [0.15, 0.2) is 0 Å². The van der Waals surface area contributed by atoms with Gasteiger partial charge in [0.2, 0.25) is 0 Å². The van der Waals surface area contributed by atoms with Gasteiger partial charge < -0.3 is 15.0 Å². The van der Waals surface area contributed by atoms with E-state index in [1.165, 1.54) is 36.1 Å². The fourth-order valence-electron chi connectivity index (χ4n) is 4.24. The first-order chi connectivity index (χ1) is 17.5. The van der Waals surface area contributed by atoms with Gasteiger partial charge in [0.05, 0.1) is 30.8 Å². The lowest BCUT2D eigenvalue weighted by atomic mass is 10.1. The Kier molecular flexibility index (Phi) is 7.19. The van der Waals surface area contributed by atoms with E-state index >= 15 is 0 Å². The Bertz CT molecular complexity index is 1300. The third kappa shape index (κ3) is 5.42. The predicted octanol–water partition coefficient (Wildman–Crippen LogP) is 5.14. The number of methoxy groups -OCH3 is 1. The molecule has 0 unspecified atom stereocenters. The van der Waals surface area contributed by atoms with Crippen LogP contribution in [0.5, 0.6) is 0 Å². The second-order valence-electron chi connectivity index (χ2n) is 8.54. The molecule has 196 valence electrons. The van der Waals surface area contributed by atoms with Gasteiger partial charge in [-0.05, 0) is 42.3 Å². The van der Waals surface area contributed by atoms with E-state index in [1.54, 1.807) is 24.0 Å². The summed E-state index contributed by atoms with van der Waals surface area (Å²) in [6, 6.07) is 10.3. The zero-order valence-corrected chi connectivity index (χ0v) is 19.9.